The molecule has 18 heavy (non-hydrogen) atoms. The van der Waals surface area contributed by atoms with E-state index in [0.29, 0.717) is 24.7 Å². The molecule has 5 heteroatoms. The molecule has 5 nitrogen and oxygen atoms in total. The molecule has 0 bridgehead atoms. The summed E-state index contributed by atoms with van der Waals surface area (Å²) in [5, 5.41) is 9.20. The zero-order valence-electron chi connectivity index (χ0n) is 9.91. The Balaban J connectivity index is 2.05. The maximum atomic E-state index is 9.20. The molecular formula is C13H15N3O2. The van der Waals surface area contributed by atoms with Crippen LogP contribution < -0.4 is 10.5 Å². The molecule has 0 fully saturated rings. The van der Waals surface area contributed by atoms with E-state index in [0.717, 1.165) is 12.0 Å². The zero-order chi connectivity index (χ0) is 12.8. The lowest BCUT2D eigenvalue weighted by molar-refractivity contribution is 0.311. The molecule has 2 aromatic rings. The lowest BCUT2D eigenvalue weighted by Crippen LogP contribution is -2.06. The number of aromatic nitrogens is 2. The average Bonchev–Trinajstić information content (AvgIpc) is 2.41. The van der Waals surface area contributed by atoms with Crippen LogP contribution >= 0.6 is 0 Å². The molecule has 0 atom stereocenters. The Labute approximate surface area is 105 Å². The summed E-state index contributed by atoms with van der Waals surface area (Å²) < 4.78 is 5.41. The van der Waals surface area contributed by atoms with E-state index in [4.69, 9.17) is 10.5 Å². The van der Waals surface area contributed by atoms with Crippen molar-refractivity contribution in [2.75, 3.05) is 13.2 Å². The fourth-order valence-corrected chi connectivity index (χ4v) is 1.42. The van der Waals surface area contributed by atoms with Gasteiger partial charge in [0.1, 0.15) is 5.75 Å². The number of hydrogen-bond acceptors (Lipinski definition) is 5. The molecule has 1 heterocycles. The number of benzene rings is 1. The Kier molecular flexibility index (Phi) is 4.09. The zero-order valence-corrected chi connectivity index (χ0v) is 9.91. The van der Waals surface area contributed by atoms with Gasteiger partial charge in [-0.25, -0.2) is 9.97 Å². The van der Waals surface area contributed by atoms with E-state index in [1.807, 2.05) is 0 Å². The van der Waals surface area contributed by atoms with Crippen LogP contribution in [0.3, 0.4) is 0 Å². The van der Waals surface area contributed by atoms with Gasteiger partial charge in [-0.05, 0) is 37.2 Å². The Bertz CT molecular complexity index is 483. The summed E-state index contributed by atoms with van der Waals surface area (Å²) in [6.07, 6.45) is 4.07. The second-order valence-electron chi connectivity index (χ2n) is 3.78. The summed E-state index contributed by atoms with van der Waals surface area (Å²) >= 11 is 0. The van der Waals surface area contributed by atoms with Gasteiger partial charge in [-0.1, -0.05) is 0 Å². The van der Waals surface area contributed by atoms with E-state index >= 15 is 0 Å². The van der Waals surface area contributed by atoms with Crippen LogP contribution in [0.1, 0.15) is 6.42 Å². The molecule has 0 aliphatic carbocycles. The minimum absolute atomic E-state index is 0.223. The van der Waals surface area contributed by atoms with Crippen LogP contribution in [0.15, 0.2) is 36.7 Å². The molecule has 1 aromatic heterocycles. The van der Waals surface area contributed by atoms with Crippen molar-refractivity contribution in [2.45, 2.75) is 6.42 Å². The molecule has 0 aliphatic rings. The van der Waals surface area contributed by atoms with Gasteiger partial charge in [0.2, 0.25) is 0 Å². The topological polar surface area (TPSA) is 81.3 Å². The first-order valence-corrected chi connectivity index (χ1v) is 5.74. The molecule has 94 valence electrons. The Morgan fingerprint density at radius 1 is 1.11 bits per heavy atom. The second kappa shape index (κ2) is 5.97. The largest absolute Gasteiger partial charge is 0.508 e. The molecule has 2 rings (SSSR count). The molecular weight excluding hydrogens is 230 g/mol. The molecule has 0 saturated carbocycles. The summed E-state index contributed by atoms with van der Waals surface area (Å²) in [4.78, 5) is 8.42. The van der Waals surface area contributed by atoms with E-state index < -0.39 is 0 Å². The van der Waals surface area contributed by atoms with Crippen LogP contribution in [0.25, 0.3) is 11.4 Å². The standard InChI is InChI=1S/C13H15N3O2/c14-6-1-7-18-12-8-15-13(16-9-12)10-2-4-11(17)5-3-10/h2-5,8-9,17H,1,6-7,14H2. The predicted molar refractivity (Wildman–Crippen MR) is 68.3 cm³/mol. The predicted octanol–water partition coefficient (Wildman–Crippen LogP) is 1.58. The Hall–Kier alpha value is -2.14. The number of nitrogens with two attached hydrogens (primary N) is 1. The summed E-state index contributed by atoms with van der Waals surface area (Å²) in [5.74, 6) is 1.45. The number of rotatable bonds is 5. The van der Waals surface area contributed by atoms with Crippen molar-refractivity contribution in [3.8, 4) is 22.9 Å². The monoisotopic (exact) mass is 245 g/mol. The Morgan fingerprint density at radius 2 is 1.78 bits per heavy atom. The first kappa shape index (κ1) is 12.3. The van der Waals surface area contributed by atoms with Crippen LogP contribution in [0.5, 0.6) is 11.5 Å². The highest BCUT2D eigenvalue weighted by Crippen LogP contribution is 2.19. The van der Waals surface area contributed by atoms with E-state index in [-0.39, 0.29) is 5.75 Å². The number of ether oxygens (including phenoxy) is 1. The molecule has 0 aliphatic heterocycles. The van der Waals surface area contributed by atoms with Gasteiger partial charge < -0.3 is 15.6 Å². The first-order chi connectivity index (χ1) is 8.79. The van der Waals surface area contributed by atoms with Crippen LogP contribution in [-0.2, 0) is 0 Å². The van der Waals surface area contributed by atoms with Gasteiger partial charge in [-0.2, -0.15) is 0 Å². The van der Waals surface area contributed by atoms with Gasteiger partial charge in [0, 0.05) is 5.56 Å². The van der Waals surface area contributed by atoms with Crippen molar-refractivity contribution in [2.24, 2.45) is 5.73 Å². The fraction of sp³-hybridized carbons (Fsp3) is 0.231. The van der Waals surface area contributed by atoms with Gasteiger partial charge >= 0.3 is 0 Å². The molecule has 3 N–H and O–H groups in total. The summed E-state index contributed by atoms with van der Waals surface area (Å²) in [6, 6.07) is 6.73. The van der Waals surface area contributed by atoms with Crippen molar-refractivity contribution in [3.63, 3.8) is 0 Å². The van der Waals surface area contributed by atoms with E-state index in [1.165, 1.54) is 0 Å². The highest BCUT2D eigenvalue weighted by molar-refractivity contribution is 5.55. The summed E-state index contributed by atoms with van der Waals surface area (Å²) in [5.41, 5.74) is 6.22. The third-order valence-electron chi connectivity index (χ3n) is 2.37. The van der Waals surface area contributed by atoms with Crippen molar-refractivity contribution < 1.29 is 9.84 Å². The van der Waals surface area contributed by atoms with E-state index in [9.17, 15) is 5.11 Å². The average molecular weight is 245 g/mol. The van der Waals surface area contributed by atoms with Gasteiger partial charge in [0.15, 0.2) is 11.6 Å². The van der Waals surface area contributed by atoms with Crippen molar-refractivity contribution in [1.29, 1.82) is 0 Å². The van der Waals surface area contributed by atoms with Crippen LogP contribution in [0.2, 0.25) is 0 Å². The van der Waals surface area contributed by atoms with Gasteiger partial charge in [-0.3, -0.25) is 0 Å². The maximum Gasteiger partial charge on any atom is 0.159 e. The molecule has 0 amide bonds. The minimum Gasteiger partial charge on any atom is -0.508 e. The Morgan fingerprint density at radius 3 is 2.39 bits per heavy atom. The normalized spacial score (nSPS) is 10.3. The van der Waals surface area contributed by atoms with E-state index in [2.05, 4.69) is 9.97 Å². The molecule has 1 aromatic carbocycles. The van der Waals surface area contributed by atoms with Gasteiger partial charge in [-0.15, -0.1) is 0 Å². The number of hydrogen-bond donors (Lipinski definition) is 2. The third kappa shape index (κ3) is 3.18. The lowest BCUT2D eigenvalue weighted by Gasteiger charge is -2.05. The van der Waals surface area contributed by atoms with Crippen molar-refractivity contribution in [3.05, 3.63) is 36.7 Å². The first-order valence-electron chi connectivity index (χ1n) is 5.74. The molecule has 0 unspecified atom stereocenters. The van der Waals surface area contributed by atoms with Crippen molar-refractivity contribution in [1.82, 2.24) is 9.97 Å². The van der Waals surface area contributed by atoms with Crippen molar-refractivity contribution >= 4 is 0 Å². The van der Waals surface area contributed by atoms with Gasteiger partial charge in [0.05, 0.1) is 19.0 Å². The third-order valence-corrected chi connectivity index (χ3v) is 2.37. The highest BCUT2D eigenvalue weighted by atomic mass is 16.5. The van der Waals surface area contributed by atoms with Crippen LogP contribution in [-0.4, -0.2) is 28.2 Å². The maximum absolute atomic E-state index is 9.20. The number of phenolic OH excluding ortho intramolecular Hbond substituents is 1. The fourth-order valence-electron chi connectivity index (χ4n) is 1.42. The molecule has 0 radical (unpaired) electrons. The number of aromatic hydroxyl groups is 1. The number of phenols is 1. The smallest absolute Gasteiger partial charge is 0.159 e. The minimum atomic E-state index is 0.223. The SMILES string of the molecule is NCCCOc1cnc(-c2ccc(O)cc2)nc1. The lowest BCUT2D eigenvalue weighted by atomic mass is 10.2. The van der Waals surface area contributed by atoms with E-state index in [1.54, 1.807) is 36.7 Å². The van der Waals surface area contributed by atoms with Crippen LogP contribution in [0.4, 0.5) is 0 Å². The molecule has 0 spiro atoms. The second-order valence-corrected chi connectivity index (χ2v) is 3.78. The quantitative estimate of drug-likeness (QED) is 0.781. The van der Waals surface area contributed by atoms with Crippen LogP contribution in [0, 0.1) is 0 Å². The number of nitrogens with zero attached hydrogens (tertiary/aromatic N) is 2. The van der Waals surface area contributed by atoms with Gasteiger partial charge in [0.25, 0.3) is 0 Å². The highest BCUT2D eigenvalue weighted by Gasteiger charge is 2.02. The summed E-state index contributed by atoms with van der Waals surface area (Å²) in [7, 11) is 0. The molecule has 0 saturated heterocycles. The summed E-state index contributed by atoms with van der Waals surface area (Å²) in [6.45, 7) is 1.17.